The molecular weight excluding hydrogens is 226 g/mol. The Labute approximate surface area is 105 Å². The van der Waals surface area contributed by atoms with Gasteiger partial charge in [-0.3, -0.25) is 4.68 Å². The number of nitrogens with zero attached hydrogens (tertiary/aromatic N) is 4. The molecule has 18 heavy (non-hydrogen) atoms. The van der Waals surface area contributed by atoms with Gasteiger partial charge < -0.3 is 4.98 Å². The Bertz CT molecular complexity index is 652. The van der Waals surface area contributed by atoms with Crippen molar-refractivity contribution in [1.29, 1.82) is 0 Å². The Kier molecular flexibility index (Phi) is 2.80. The van der Waals surface area contributed by atoms with Crippen LogP contribution < -0.4 is 0 Å². The summed E-state index contributed by atoms with van der Waals surface area (Å²) in [6.45, 7) is 3.13. The Morgan fingerprint density at radius 2 is 2.28 bits per heavy atom. The van der Waals surface area contributed by atoms with Crippen LogP contribution in [0.25, 0.3) is 22.3 Å². The van der Waals surface area contributed by atoms with E-state index in [2.05, 4.69) is 27.0 Å². The molecule has 0 amide bonds. The van der Waals surface area contributed by atoms with E-state index in [4.69, 9.17) is 0 Å². The van der Waals surface area contributed by atoms with Gasteiger partial charge in [0, 0.05) is 29.9 Å². The molecule has 5 nitrogen and oxygen atoms in total. The Morgan fingerprint density at radius 1 is 1.33 bits per heavy atom. The maximum Gasteiger partial charge on any atom is 0.141 e. The normalized spacial score (nSPS) is 11.2. The van der Waals surface area contributed by atoms with Crippen molar-refractivity contribution in [1.82, 2.24) is 24.7 Å². The highest BCUT2D eigenvalue weighted by molar-refractivity contribution is 5.89. The van der Waals surface area contributed by atoms with Gasteiger partial charge in [-0.25, -0.2) is 9.97 Å². The number of hydrogen-bond acceptors (Lipinski definition) is 3. The molecule has 3 aromatic rings. The number of hydrogen-bond donors (Lipinski definition) is 1. The zero-order valence-corrected chi connectivity index (χ0v) is 10.3. The van der Waals surface area contributed by atoms with Crippen molar-refractivity contribution in [3.8, 4) is 11.3 Å². The lowest BCUT2D eigenvalue weighted by molar-refractivity contribution is 0.572. The van der Waals surface area contributed by atoms with E-state index >= 15 is 0 Å². The molecule has 1 N–H and O–H groups in total. The fourth-order valence-corrected chi connectivity index (χ4v) is 2.03. The summed E-state index contributed by atoms with van der Waals surface area (Å²) >= 11 is 0. The highest BCUT2D eigenvalue weighted by Gasteiger charge is 2.08. The molecule has 0 radical (unpaired) electrons. The van der Waals surface area contributed by atoms with E-state index in [1.807, 2.05) is 29.3 Å². The molecule has 0 saturated carbocycles. The summed E-state index contributed by atoms with van der Waals surface area (Å²) in [4.78, 5) is 11.6. The monoisotopic (exact) mass is 241 g/mol. The van der Waals surface area contributed by atoms with Crippen LogP contribution in [0.1, 0.15) is 19.8 Å². The van der Waals surface area contributed by atoms with Gasteiger partial charge in [0.25, 0.3) is 0 Å². The van der Waals surface area contributed by atoms with E-state index in [1.165, 1.54) is 6.42 Å². The molecule has 0 aliphatic heterocycles. The fourth-order valence-electron chi connectivity index (χ4n) is 2.03. The van der Waals surface area contributed by atoms with Crippen molar-refractivity contribution in [2.75, 3.05) is 0 Å². The molecule has 0 unspecified atom stereocenters. The summed E-state index contributed by atoms with van der Waals surface area (Å²) in [7, 11) is 0. The van der Waals surface area contributed by atoms with Crippen LogP contribution in [0.3, 0.4) is 0 Å². The summed E-state index contributed by atoms with van der Waals surface area (Å²) in [6, 6.07) is 1.99. The molecule has 3 aromatic heterocycles. The second-order valence-corrected chi connectivity index (χ2v) is 4.31. The number of aryl methyl sites for hydroxylation is 1. The molecular formula is C13H15N5. The van der Waals surface area contributed by atoms with Crippen molar-refractivity contribution in [3.05, 3.63) is 31.0 Å². The zero-order chi connectivity index (χ0) is 12.4. The molecule has 0 saturated heterocycles. The van der Waals surface area contributed by atoms with Gasteiger partial charge in [-0.05, 0) is 12.5 Å². The van der Waals surface area contributed by atoms with Crippen LogP contribution in [0, 0.1) is 0 Å². The topological polar surface area (TPSA) is 59.4 Å². The largest absolute Gasteiger partial charge is 0.346 e. The molecule has 0 spiro atoms. The lowest BCUT2D eigenvalue weighted by Gasteiger charge is -1.99. The van der Waals surface area contributed by atoms with Gasteiger partial charge in [-0.1, -0.05) is 13.3 Å². The van der Waals surface area contributed by atoms with Crippen LogP contribution in [0.2, 0.25) is 0 Å². The number of unbranched alkanes of at least 4 members (excludes halogenated alkanes) is 1. The Balaban J connectivity index is 1.98. The lowest BCUT2D eigenvalue weighted by atomic mass is 10.2. The van der Waals surface area contributed by atoms with Gasteiger partial charge in [-0.2, -0.15) is 5.10 Å². The lowest BCUT2D eigenvalue weighted by Crippen LogP contribution is -1.96. The fraction of sp³-hybridized carbons (Fsp3) is 0.308. The molecule has 0 atom stereocenters. The number of H-pyrrole nitrogens is 1. The van der Waals surface area contributed by atoms with Crippen LogP contribution in [0.4, 0.5) is 0 Å². The summed E-state index contributed by atoms with van der Waals surface area (Å²) < 4.78 is 1.97. The summed E-state index contributed by atoms with van der Waals surface area (Å²) in [5.74, 6) is 0. The SMILES string of the molecule is CCCCn1cc(-c2ncnc3[nH]ccc23)cn1. The first-order valence-corrected chi connectivity index (χ1v) is 6.19. The average Bonchev–Trinajstić information content (AvgIpc) is 3.04. The molecule has 0 aliphatic rings. The smallest absolute Gasteiger partial charge is 0.141 e. The number of aromatic amines is 1. The molecule has 0 bridgehead atoms. The first kappa shape index (κ1) is 11.0. The highest BCUT2D eigenvalue weighted by atomic mass is 15.3. The van der Waals surface area contributed by atoms with Crippen LogP contribution in [-0.2, 0) is 6.54 Å². The molecule has 3 rings (SSSR count). The van der Waals surface area contributed by atoms with Crippen LogP contribution in [-0.4, -0.2) is 24.7 Å². The number of rotatable bonds is 4. The minimum absolute atomic E-state index is 0.862. The molecule has 5 heteroatoms. The standard InChI is InChI=1S/C13H15N5/c1-2-3-6-18-8-10(7-17-18)12-11-4-5-14-13(11)16-9-15-12/h4-5,7-9H,2-3,6H2,1H3,(H,14,15,16). The number of nitrogens with one attached hydrogen (secondary N) is 1. The van der Waals surface area contributed by atoms with Crippen molar-refractivity contribution in [2.45, 2.75) is 26.3 Å². The second-order valence-electron chi connectivity index (χ2n) is 4.31. The van der Waals surface area contributed by atoms with Gasteiger partial charge >= 0.3 is 0 Å². The summed E-state index contributed by atoms with van der Waals surface area (Å²) in [5, 5.41) is 5.40. The minimum Gasteiger partial charge on any atom is -0.346 e. The quantitative estimate of drug-likeness (QED) is 0.763. The van der Waals surface area contributed by atoms with E-state index in [-0.39, 0.29) is 0 Å². The molecule has 3 heterocycles. The number of aromatic nitrogens is 5. The predicted molar refractivity (Wildman–Crippen MR) is 70.0 cm³/mol. The van der Waals surface area contributed by atoms with E-state index in [0.717, 1.165) is 35.3 Å². The van der Waals surface area contributed by atoms with Gasteiger partial charge in [0.1, 0.15) is 12.0 Å². The zero-order valence-electron chi connectivity index (χ0n) is 10.3. The van der Waals surface area contributed by atoms with E-state index in [0.29, 0.717) is 0 Å². The van der Waals surface area contributed by atoms with Gasteiger partial charge in [0.2, 0.25) is 0 Å². The van der Waals surface area contributed by atoms with Crippen molar-refractivity contribution >= 4 is 11.0 Å². The molecule has 0 aliphatic carbocycles. The molecule has 92 valence electrons. The van der Waals surface area contributed by atoms with Crippen molar-refractivity contribution in [2.24, 2.45) is 0 Å². The minimum atomic E-state index is 0.862. The average molecular weight is 241 g/mol. The second kappa shape index (κ2) is 4.60. The van der Waals surface area contributed by atoms with Crippen LogP contribution in [0.5, 0.6) is 0 Å². The summed E-state index contributed by atoms with van der Waals surface area (Å²) in [5.41, 5.74) is 2.84. The maximum atomic E-state index is 4.37. The third-order valence-corrected chi connectivity index (χ3v) is 3.00. The van der Waals surface area contributed by atoms with E-state index < -0.39 is 0 Å². The van der Waals surface area contributed by atoms with Gasteiger partial charge in [0.15, 0.2) is 0 Å². The highest BCUT2D eigenvalue weighted by Crippen LogP contribution is 2.23. The van der Waals surface area contributed by atoms with Gasteiger partial charge in [0.05, 0.1) is 11.9 Å². The third kappa shape index (κ3) is 1.88. The molecule has 0 aromatic carbocycles. The van der Waals surface area contributed by atoms with Crippen molar-refractivity contribution in [3.63, 3.8) is 0 Å². The summed E-state index contributed by atoms with van der Waals surface area (Å²) in [6.07, 6.45) is 9.69. The van der Waals surface area contributed by atoms with Crippen LogP contribution >= 0.6 is 0 Å². The van der Waals surface area contributed by atoms with Gasteiger partial charge in [-0.15, -0.1) is 0 Å². The molecule has 0 fully saturated rings. The maximum absolute atomic E-state index is 4.37. The predicted octanol–water partition coefficient (Wildman–Crippen LogP) is 2.62. The van der Waals surface area contributed by atoms with E-state index in [9.17, 15) is 0 Å². The first-order chi connectivity index (χ1) is 8.88. The third-order valence-electron chi connectivity index (χ3n) is 3.00. The number of fused-ring (bicyclic) bond motifs is 1. The van der Waals surface area contributed by atoms with E-state index in [1.54, 1.807) is 6.33 Å². The Morgan fingerprint density at radius 3 is 3.17 bits per heavy atom. The van der Waals surface area contributed by atoms with Crippen LogP contribution in [0.15, 0.2) is 31.0 Å². The van der Waals surface area contributed by atoms with Crippen molar-refractivity contribution < 1.29 is 0 Å². The Hall–Kier alpha value is -2.17. The first-order valence-electron chi connectivity index (χ1n) is 6.19.